The van der Waals surface area contributed by atoms with E-state index < -0.39 is 0 Å². The summed E-state index contributed by atoms with van der Waals surface area (Å²) in [5, 5.41) is 24.7. The van der Waals surface area contributed by atoms with Crippen molar-refractivity contribution >= 4 is 0 Å². The molecule has 7 heteroatoms. The number of phenols is 2. The fourth-order valence-corrected chi connectivity index (χ4v) is 4.56. The largest absolute Gasteiger partial charge is 0.507 e. The zero-order valence-corrected chi connectivity index (χ0v) is 19.5. The molecule has 0 unspecified atom stereocenters. The Morgan fingerprint density at radius 2 is 1.12 bits per heavy atom. The fourth-order valence-electron chi connectivity index (χ4n) is 4.56. The van der Waals surface area contributed by atoms with E-state index in [1.165, 1.54) is 0 Å². The van der Waals surface area contributed by atoms with Gasteiger partial charge in [-0.25, -0.2) is 0 Å². The Hall–Kier alpha value is -2.16. The molecule has 2 aromatic carbocycles. The van der Waals surface area contributed by atoms with Crippen LogP contribution >= 0.6 is 0 Å². The van der Waals surface area contributed by atoms with Crippen LogP contribution in [0.25, 0.3) is 0 Å². The molecule has 0 saturated carbocycles. The fraction of sp³-hybridized carbons (Fsp3) is 0.520. The Bertz CT molecular complexity index is 831. The lowest BCUT2D eigenvalue weighted by molar-refractivity contribution is 0.200. The van der Waals surface area contributed by atoms with Gasteiger partial charge < -0.3 is 27.0 Å². The van der Waals surface area contributed by atoms with Crippen LogP contribution in [-0.4, -0.2) is 59.3 Å². The topological polar surface area (TPSA) is 111 Å². The number of hydrogen-bond acceptors (Lipinski definition) is 7. The van der Waals surface area contributed by atoms with Crippen LogP contribution in [0.15, 0.2) is 24.3 Å². The number of hydrogen-bond donors (Lipinski definition) is 5. The van der Waals surface area contributed by atoms with Crippen LogP contribution < -0.4 is 16.8 Å². The van der Waals surface area contributed by atoms with Crippen LogP contribution in [0.4, 0.5) is 0 Å². The highest BCUT2D eigenvalue weighted by atomic mass is 16.3. The first-order valence-electron chi connectivity index (χ1n) is 11.6. The molecule has 0 spiro atoms. The van der Waals surface area contributed by atoms with Crippen LogP contribution in [0, 0.1) is 13.8 Å². The summed E-state index contributed by atoms with van der Waals surface area (Å²) in [5.41, 5.74) is 17.4. The van der Waals surface area contributed by atoms with Crippen molar-refractivity contribution in [1.82, 2.24) is 15.1 Å². The minimum atomic E-state index is 0.329. The third-order valence-corrected chi connectivity index (χ3v) is 6.21. The van der Waals surface area contributed by atoms with E-state index in [4.69, 9.17) is 11.5 Å². The van der Waals surface area contributed by atoms with Crippen LogP contribution in [-0.2, 0) is 26.2 Å². The van der Waals surface area contributed by atoms with Gasteiger partial charge in [-0.1, -0.05) is 35.4 Å². The summed E-state index contributed by atoms with van der Waals surface area (Å²) in [6.07, 6.45) is 1.02. The Kier molecular flexibility index (Phi) is 8.90. The Balaban J connectivity index is 1.66. The summed E-state index contributed by atoms with van der Waals surface area (Å²) in [6, 6.07) is 8.03. The van der Waals surface area contributed by atoms with E-state index in [1.807, 2.05) is 26.0 Å². The molecule has 0 atom stereocenters. The van der Waals surface area contributed by atoms with Gasteiger partial charge in [-0.3, -0.25) is 9.80 Å². The number of phenolic OH excluding ortho intramolecular Hbond substituents is 2. The van der Waals surface area contributed by atoms with Crippen LogP contribution in [0.2, 0.25) is 0 Å². The summed E-state index contributed by atoms with van der Waals surface area (Å²) < 4.78 is 0. The monoisotopic (exact) mass is 441 g/mol. The third-order valence-electron chi connectivity index (χ3n) is 6.21. The number of nitrogens with one attached hydrogen (secondary N) is 1. The standard InChI is InChI=1S/C25H39N5O2/c1-18-10-20(14-26)24(31)22(12-18)16-29-6-3-7-30(9-5-28-4-8-29)17-23-13-19(2)11-21(15-27)25(23)32/h10-13,28,31-32H,3-9,14-17,26-27H2,1-2H3. The molecule has 2 aromatic rings. The predicted octanol–water partition coefficient (Wildman–Crippen LogP) is 1.93. The summed E-state index contributed by atoms with van der Waals surface area (Å²) in [5.74, 6) is 0.658. The van der Waals surface area contributed by atoms with E-state index in [0.29, 0.717) is 37.7 Å². The SMILES string of the molecule is Cc1cc(CN)c(O)c(CN2CCCN(Cc3cc(C)cc(CN)c3O)CCNCC2)c1. The number of benzene rings is 2. The van der Waals surface area contributed by atoms with Gasteiger partial charge in [0.05, 0.1) is 0 Å². The van der Waals surface area contributed by atoms with Gasteiger partial charge in [-0.15, -0.1) is 0 Å². The van der Waals surface area contributed by atoms with Crippen LogP contribution in [0.1, 0.15) is 39.8 Å². The molecule has 1 fully saturated rings. The van der Waals surface area contributed by atoms with Crippen molar-refractivity contribution in [3.8, 4) is 11.5 Å². The van der Waals surface area contributed by atoms with Crippen molar-refractivity contribution in [1.29, 1.82) is 0 Å². The van der Waals surface area contributed by atoms with Crippen molar-refractivity contribution in [2.75, 3.05) is 39.3 Å². The summed E-state index contributed by atoms with van der Waals surface area (Å²) in [4.78, 5) is 4.78. The second-order valence-electron chi connectivity index (χ2n) is 8.93. The minimum Gasteiger partial charge on any atom is -0.507 e. The molecule has 1 aliphatic heterocycles. The van der Waals surface area contributed by atoms with Crippen LogP contribution in [0.5, 0.6) is 11.5 Å². The zero-order chi connectivity index (χ0) is 23.1. The van der Waals surface area contributed by atoms with Crippen molar-refractivity contribution < 1.29 is 10.2 Å². The Morgan fingerprint density at radius 1 is 0.719 bits per heavy atom. The van der Waals surface area contributed by atoms with E-state index >= 15 is 0 Å². The number of aryl methyl sites for hydroxylation is 2. The van der Waals surface area contributed by atoms with Crippen molar-refractivity contribution in [3.63, 3.8) is 0 Å². The second kappa shape index (κ2) is 11.6. The molecule has 1 saturated heterocycles. The normalized spacial score (nSPS) is 16.9. The lowest BCUT2D eigenvalue weighted by Gasteiger charge is -2.29. The first-order valence-corrected chi connectivity index (χ1v) is 11.6. The Labute approximate surface area is 192 Å². The molecule has 1 heterocycles. The maximum Gasteiger partial charge on any atom is 0.124 e. The predicted molar refractivity (Wildman–Crippen MR) is 130 cm³/mol. The van der Waals surface area contributed by atoms with E-state index in [-0.39, 0.29) is 0 Å². The number of nitrogens with zero attached hydrogens (tertiary/aromatic N) is 2. The average Bonchev–Trinajstić information content (AvgIpc) is 2.77. The van der Waals surface area contributed by atoms with Crippen LogP contribution in [0.3, 0.4) is 0 Å². The molecular weight excluding hydrogens is 402 g/mol. The molecule has 1 aliphatic rings. The smallest absolute Gasteiger partial charge is 0.124 e. The highest BCUT2D eigenvalue weighted by Gasteiger charge is 2.16. The first kappa shape index (κ1) is 24.5. The zero-order valence-electron chi connectivity index (χ0n) is 19.5. The van der Waals surface area contributed by atoms with E-state index in [0.717, 1.165) is 79.1 Å². The maximum absolute atomic E-state index is 10.6. The summed E-state index contributed by atoms with van der Waals surface area (Å²) in [7, 11) is 0. The molecule has 176 valence electrons. The maximum atomic E-state index is 10.6. The molecular formula is C25H39N5O2. The number of nitrogens with two attached hydrogens (primary N) is 2. The number of rotatable bonds is 6. The molecule has 0 bridgehead atoms. The third kappa shape index (κ3) is 6.43. The van der Waals surface area contributed by atoms with Gasteiger partial charge in [-0.05, 0) is 33.4 Å². The van der Waals surface area contributed by atoms with Gasteiger partial charge in [0, 0.05) is 74.6 Å². The molecule has 0 radical (unpaired) electrons. The van der Waals surface area contributed by atoms with Gasteiger partial charge in [0.1, 0.15) is 11.5 Å². The molecule has 7 nitrogen and oxygen atoms in total. The molecule has 7 N–H and O–H groups in total. The van der Waals surface area contributed by atoms with Gasteiger partial charge >= 0.3 is 0 Å². The highest BCUT2D eigenvalue weighted by Crippen LogP contribution is 2.27. The van der Waals surface area contributed by atoms with Gasteiger partial charge in [0.25, 0.3) is 0 Å². The van der Waals surface area contributed by atoms with E-state index in [2.05, 4.69) is 27.2 Å². The Morgan fingerprint density at radius 3 is 1.53 bits per heavy atom. The summed E-state index contributed by atoms with van der Waals surface area (Å²) in [6.45, 7) is 11.7. The first-order chi connectivity index (χ1) is 15.4. The van der Waals surface area contributed by atoms with Crippen molar-refractivity contribution in [2.45, 2.75) is 46.4 Å². The average molecular weight is 442 g/mol. The summed E-state index contributed by atoms with van der Waals surface area (Å²) >= 11 is 0. The molecule has 0 aliphatic carbocycles. The highest BCUT2D eigenvalue weighted by molar-refractivity contribution is 5.44. The van der Waals surface area contributed by atoms with Gasteiger partial charge in [-0.2, -0.15) is 0 Å². The number of aromatic hydroxyl groups is 2. The second-order valence-corrected chi connectivity index (χ2v) is 8.93. The van der Waals surface area contributed by atoms with E-state index in [1.54, 1.807) is 0 Å². The van der Waals surface area contributed by atoms with Crippen molar-refractivity contribution in [2.24, 2.45) is 11.5 Å². The minimum absolute atomic E-state index is 0.329. The lowest BCUT2D eigenvalue weighted by atomic mass is 10.0. The molecule has 3 rings (SSSR count). The van der Waals surface area contributed by atoms with E-state index in [9.17, 15) is 10.2 Å². The van der Waals surface area contributed by atoms with Gasteiger partial charge in [0.15, 0.2) is 0 Å². The molecule has 32 heavy (non-hydrogen) atoms. The quantitative estimate of drug-likeness (QED) is 0.466. The van der Waals surface area contributed by atoms with Crippen molar-refractivity contribution in [3.05, 3.63) is 57.6 Å². The molecule has 0 amide bonds. The molecule has 0 aromatic heterocycles. The van der Waals surface area contributed by atoms with Gasteiger partial charge in [0.2, 0.25) is 0 Å². The lowest BCUT2D eigenvalue weighted by Crippen LogP contribution is -2.40.